The average Bonchev–Trinajstić information content (AvgIpc) is 2.85. The van der Waals surface area contributed by atoms with E-state index in [1.54, 1.807) is 0 Å². The smallest absolute Gasteiger partial charge is 0.300 e. The van der Waals surface area contributed by atoms with E-state index in [-0.39, 0.29) is 0 Å². The van der Waals surface area contributed by atoms with Gasteiger partial charge in [0.15, 0.2) is 5.69 Å². The van der Waals surface area contributed by atoms with Crippen molar-refractivity contribution >= 4 is 0 Å². The lowest BCUT2D eigenvalue weighted by Gasteiger charge is -2.06. The van der Waals surface area contributed by atoms with Gasteiger partial charge in [0, 0.05) is 11.1 Å². The molecule has 1 aromatic heterocycles. The molecule has 0 spiro atoms. The highest BCUT2D eigenvalue weighted by Crippen LogP contribution is 2.30. The molecule has 3 rings (SSSR count). The zero-order valence-electron chi connectivity index (χ0n) is 13.1. The van der Waals surface area contributed by atoms with E-state index in [4.69, 9.17) is 0 Å². The highest BCUT2D eigenvalue weighted by Gasteiger charge is 2.29. The lowest BCUT2D eigenvalue weighted by Crippen LogP contribution is -2.32. The maximum absolute atomic E-state index is 12.8. The van der Waals surface area contributed by atoms with Crippen molar-refractivity contribution in [1.29, 1.82) is 0 Å². The minimum absolute atomic E-state index is 0.379. The SMILES string of the molecule is CCCCc1n(O)c(-c2ccccc2)c(-c2ccccc2)[n+]1[O-]. The molecule has 0 aliphatic carbocycles. The van der Waals surface area contributed by atoms with E-state index in [2.05, 4.69) is 6.92 Å². The summed E-state index contributed by atoms with van der Waals surface area (Å²) in [5.41, 5.74) is 2.65. The molecule has 0 radical (unpaired) electrons. The molecule has 1 N–H and O–H groups in total. The van der Waals surface area contributed by atoms with Crippen LogP contribution >= 0.6 is 0 Å². The van der Waals surface area contributed by atoms with Gasteiger partial charge in [0.05, 0.1) is 6.42 Å². The number of benzene rings is 2. The summed E-state index contributed by atoms with van der Waals surface area (Å²) in [5.74, 6) is 0.379. The van der Waals surface area contributed by atoms with Gasteiger partial charge in [-0.05, 0) is 11.2 Å². The predicted molar refractivity (Wildman–Crippen MR) is 90.1 cm³/mol. The standard InChI is InChI=1S/C19H20N2O2/c1-2-3-14-17-20(22)18(15-10-6-4-7-11-15)19(21(17)23)16-12-8-5-9-13-16/h4-13,22H,2-3,14H2,1H3. The monoisotopic (exact) mass is 308 g/mol. The van der Waals surface area contributed by atoms with Crippen molar-refractivity contribution in [3.8, 4) is 22.5 Å². The van der Waals surface area contributed by atoms with Gasteiger partial charge in [0.1, 0.15) is 0 Å². The van der Waals surface area contributed by atoms with E-state index >= 15 is 0 Å². The first kappa shape index (κ1) is 15.2. The summed E-state index contributed by atoms with van der Waals surface area (Å²) >= 11 is 0. The van der Waals surface area contributed by atoms with Gasteiger partial charge < -0.3 is 10.4 Å². The number of hydrogen-bond donors (Lipinski definition) is 1. The van der Waals surface area contributed by atoms with E-state index in [0.717, 1.165) is 33.4 Å². The lowest BCUT2D eigenvalue weighted by atomic mass is 10.1. The fourth-order valence-corrected chi connectivity index (χ4v) is 2.79. The topological polar surface area (TPSA) is 52.1 Å². The maximum atomic E-state index is 12.8. The second-order valence-corrected chi connectivity index (χ2v) is 5.56. The third-order valence-corrected chi connectivity index (χ3v) is 3.97. The van der Waals surface area contributed by atoms with Crippen molar-refractivity contribution in [2.75, 3.05) is 0 Å². The van der Waals surface area contributed by atoms with Crippen LogP contribution < -0.4 is 4.73 Å². The first-order valence-corrected chi connectivity index (χ1v) is 7.91. The molecule has 118 valence electrons. The Morgan fingerprint density at radius 2 is 1.52 bits per heavy atom. The molecule has 0 aliphatic heterocycles. The minimum atomic E-state index is 0.379. The summed E-state index contributed by atoms with van der Waals surface area (Å²) < 4.78 is 1.92. The number of nitrogens with zero attached hydrogens (tertiary/aromatic N) is 2. The molecule has 3 aromatic rings. The number of rotatable bonds is 5. The van der Waals surface area contributed by atoms with E-state index in [1.165, 1.54) is 0 Å². The highest BCUT2D eigenvalue weighted by molar-refractivity contribution is 5.76. The predicted octanol–water partition coefficient (Wildman–Crippen LogP) is 4.04. The van der Waals surface area contributed by atoms with E-state index in [9.17, 15) is 10.4 Å². The number of imidazole rings is 1. The number of aromatic nitrogens is 2. The molecular formula is C19H20N2O2. The van der Waals surface area contributed by atoms with Crippen molar-refractivity contribution in [1.82, 2.24) is 4.73 Å². The van der Waals surface area contributed by atoms with Crippen molar-refractivity contribution in [2.24, 2.45) is 0 Å². The second kappa shape index (κ2) is 6.57. The molecular weight excluding hydrogens is 288 g/mol. The summed E-state index contributed by atoms with van der Waals surface area (Å²) in [4.78, 5) is 0. The zero-order valence-corrected chi connectivity index (χ0v) is 13.1. The van der Waals surface area contributed by atoms with Crippen molar-refractivity contribution in [2.45, 2.75) is 26.2 Å². The molecule has 2 aromatic carbocycles. The summed E-state index contributed by atoms with van der Waals surface area (Å²) in [7, 11) is 0. The first-order chi connectivity index (χ1) is 11.2. The molecule has 1 heterocycles. The van der Waals surface area contributed by atoms with Gasteiger partial charge in [-0.25, -0.2) is 4.73 Å². The lowest BCUT2D eigenvalue weighted by molar-refractivity contribution is -0.604. The van der Waals surface area contributed by atoms with Crippen LogP contribution in [-0.4, -0.2) is 9.94 Å². The Balaban J connectivity index is 2.24. The summed E-state index contributed by atoms with van der Waals surface area (Å²) in [6.45, 7) is 2.07. The molecule has 23 heavy (non-hydrogen) atoms. The van der Waals surface area contributed by atoms with Crippen LogP contribution in [0, 0.1) is 5.21 Å². The van der Waals surface area contributed by atoms with Crippen molar-refractivity contribution in [3.05, 3.63) is 71.7 Å². The summed E-state index contributed by atoms with van der Waals surface area (Å²) in [6.07, 6.45) is 2.37. The molecule has 0 amide bonds. The van der Waals surface area contributed by atoms with Gasteiger partial charge >= 0.3 is 5.82 Å². The van der Waals surface area contributed by atoms with E-state index < -0.39 is 0 Å². The van der Waals surface area contributed by atoms with Gasteiger partial charge in [-0.2, -0.15) is 0 Å². The molecule has 0 saturated heterocycles. The Morgan fingerprint density at radius 3 is 2.09 bits per heavy atom. The summed E-state index contributed by atoms with van der Waals surface area (Å²) in [5, 5.41) is 23.5. The second-order valence-electron chi connectivity index (χ2n) is 5.56. The Bertz CT molecular complexity index is 717. The quantitative estimate of drug-likeness (QED) is 0.439. The van der Waals surface area contributed by atoms with Crippen molar-refractivity contribution in [3.63, 3.8) is 0 Å². The highest BCUT2D eigenvalue weighted by atomic mass is 16.5. The maximum Gasteiger partial charge on any atom is 0.300 e. The third-order valence-electron chi connectivity index (χ3n) is 3.97. The normalized spacial score (nSPS) is 10.8. The van der Waals surface area contributed by atoms with Gasteiger partial charge in [0.25, 0.3) is 0 Å². The Kier molecular flexibility index (Phi) is 4.33. The largest absolute Gasteiger partial charge is 0.710 e. The van der Waals surface area contributed by atoms with Gasteiger partial charge in [-0.1, -0.05) is 74.0 Å². The van der Waals surface area contributed by atoms with Crippen LogP contribution in [0.1, 0.15) is 25.6 Å². The van der Waals surface area contributed by atoms with Crippen LogP contribution in [0.4, 0.5) is 0 Å². The molecule has 4 nitrogen and oxygen atoms in total. The molecule has 4 heteroatoms. The fourth-order valence-electron chi connectivity index (χ4n) is 2.79. The molecule has 0 atom stereocenters. The fraction of sp³-hybridized carbons (Fsp3) is 0.211. The van der Waals surface area contributed by atoms with Gasteiger partial charge in [0.2, 0.25) is 5.69 Å². The van der Waals surface area contributed by atoms with Crippen LogP contribution in [-0.2, 0) is 6.42 Å². The molecule has 0 saturated carbocycles. The Hall–Kier alpha value is -2.75. The third kappa shape index (κ3) is 2.80. The van der Waals surface area contributed by atoms with Crippen LogP contribution in [0.2, 0.25) is 0 Å². The number of hydrogen-bond acceptors (Lipinski definition) is 2. The minimum Gasteiger partial charge on any atom is -0.710 e. The van der Waals surface area contributed by atoms with E-state index in [1.807, 2.05) is 60.7 Å². The molecule has 0 aliphatic rings. The Labute approximate surface area is 135 Å². The van der Waals surface area contributed by atoms with Crippen LogP contribution in [0.25, 0.3) is 22.5 Å². The average molecular weight is 308 g/mol. The Morgan fingerprint density at radius 1 is 0.957 bits per heavy atom. The van der Waals surface area contributed by atoms with Gasteiger partial charge in [-0.15, -0.1) is 0 Å². The van der Waals surface area contributed by atoms with E-state index in [0.29, 0.717) is 23.6 Å². The first-order valence-electron chi connectivity index (χ1n) is 7.91. The molecule has 0 fully saturated rings. The molecule has 0 bridgehead atoms. The van der Waals surface area contributed by atoms with Crippen LogP contribution in [0.5, 0.6) is 0 Å². The number of unbranched alkanes of at least 4 members (excludes halogenated alkanes) is 1. The summed E-state index contributed by atoms with van der Waals surface area (Å²) in [6, 6.07) is 19.0. The van der Waals surface area contributed by atoms with Crippen molar-refractivity contribution < 1.29 is 9.94 Å². The van der Waals surface area contributed by atoms with Crippen LogP contribution in [0.15, 0.2) is 60.7 Å². The van der Waals surface area contributed by atoms with Crippen LogP contribution in [0.3, 0.4) is 0 Å². The zero-order chi connectivity index (χ0) is 16.2. The molecule has 0 unspecified atom stereocenters. The van der Waals surface area contributed by atoms with Gasteiger partial charge in [-0.3, -0.25) is 0 Å².